The van der Waals surface area contributed by atoms with Gasteiger partial charge in [-0.3, -0.25) is 9.59 Å². The number of fused-ring (bicyclic) bond motifs is 1. The van der Waals surface area contributed by atoms with Crippen LogP contribution in [0.3, 0.4) is 0 Å². The molecule has 2 aromatic carbocycles. The van der Waals surface area contributed by atoms with Crippen LogP contribution in [0, 0.1) is 0 Å². The summed E-state index contributed by atoms with van der Waals surface area (Å²) in [5, 5.41) is 0.871. The lowest BCUT2D eigenvalue weighted by Crippen LogP contribution is -2.09. The molecule has 0 unspecified atom stereocenters. The van der Waals surface area contributed by atoms with Crippen LogP contribution in [0.15, 0.2) is 63.9 Å². The number of carbonyl (C=O) groups excluding carboxylic acids is 1. The fraction of sp³-hybridized carbons (Fsp3) is 0.0526. The topological polar surface area (TPSA) is 43.4 Å². The minimum atomic E-state index is -0.297. The van der Waals surface area contributed by atoms with Crippen molar-refractivity contribution in [1.82, 2.24) is 0 Å². The first-order chi connectivity index (χ1) is 11.6. The van der Waals surface area contributed by atoms with E-state index in [0.29, 0.717) is 0 Å². The molecule has 3 rings (SSSR count). The summed E-state index contributed by atoms with van der Waals surface area (Å²) >= 11 is 4.49. The van der Waals surface area contributed by atoms with Gasteiger partial charge in [0.25, 0.3) is 0 Å². The summed E-state index contributed by atoms with van der Waals surface area (Å²) < 4.78 is 6.64. The van der Waals surface area contributed by atoms with Crippen LogP contribution in [-0.2, 0) is 0 Å². The average Bonchev–Trinajstić information content (AvgIpc) is 2.60. The van der Waals surface area contributed by atoms with E-state index in [-0.39, 0.29) is 16.1 Å². The Labute approximate surface area is 151 Å². The quantitative estimate of drug-likeness (QED) is 0.460. The first-order valence-electron chi connectivity index (χ1n) is 7.17. The summed E-state index contributed by atoms with van der Waals surface area (Å²) in [6.45, 7) is 0. The van der Waals surface area contributed by atoms with E-state index in [9.17, 15) is 9.59 Å². The lowest BCUT2D eigenvalue weighted by molar-refractivity contribution is 0.104. The lowest BCUT2D eigenvalue weighted by Gasteiger charge is -2.01. The smallest absolute Gasteiger partial charge is 0.244 e. The van der Waals surface area contributed by atoms with Crippen LogP contribution in [0.2, 0.25) is 0 Å². The third-order valence-corrected chi connectivity index (χ3v) is 4.99. The van der Waals surface area contributed by atoms with Gasteiger partial charge in [0, 0.05) is 9.17 Å². The Morgan fingerprint density at radius 3 is 2.58 bits per heavy atom. The van der Waals surface area contributed by atoms with E-state index in [1.807, 2.05) is 42.5 Å². The molecule has 0 aliphatic heterocycles. The molecular weight excluding hydrogens is 388 g/mol. The molecule has 120 valence electrons. The minimum absolute atomic E-state index is 0.190. The van der Waals surface area contributed by atoms with Gasteiger partial charge >= 0.3 is 0 Å². The zero-order chi connectivity index (χ0) is 17.1. The number of rotatable bonds is 4. The molecule has 1 aromatic heterocycles. The van der Waals surface area contributed by atoms with Gasteiger partial charge in [-0.15, -0.1) is 0 Å². The zero-order valence-electron chi connectivity index (χ0n) is 12.8. The maximum Gasteiger partial charge on any atom is 0.244 e. The molecular formula is C19H13BrO3S. The summed E-state index contributed by atoms with van der Waals surface area (Å²) in [4.78, 5) is 24.6. The predicted molar refractivity (Wildman–Crippen MR) is 102 cm³/mol. The van der Waals surface area contributed by atoms with Gasteiger partial charge < -0.3 is 4.74 Å². The van der Waals surface area contributed by atoms with Gasteiger partial charge in [-0.2, -0.15) is 0 Å². The standard InChI is InChI=1S/C19H13BrO3S/c1-23-15-6-2-12(3-7-15)4-8-17(21)16-11-13-10-14(20)5-9-18(13)24-19(16)22/h2-11H,1H3. The van der Waals surface area contributed by atoms with E-state index in [2.05, 4.69) is 15.9 Å². The molecule has 1 heterocycles. The number of methoxy groups -OCH3 is 1. The highest BCUT2D eigenvalue weighted by atomic mass is 79.9. The molecule has 0 aliphatic rings. The van der Waals surface area contributed by atoms with Crippen molar-refractivity contribution < 1.29 is 9.53 Å². The fourth-order valence-electron chi connectivity index (χ4n) is 2.24. The largest absolute Gasteiger partial charge is 0.497 e. The zero-order valence-corrected chi connectivity index (χ0v) is 15.2. The molecule has 24 heavy (non-hydrogen) atoms. The third-order valence-electron chi connectivity index (χ3n) is 3.50. The Morgan fingerprint density at radius 1 is 1.12 bits per heavy atom. The molecule has 0 saturated heterocycles. The summed E-state index contributed by atoms with van der Waals surface area (Å²) in [6.07, 6.45) is 3.12. The monoisotopic (exact) mass is 400 g/mol. The first kappa shape index (κ1) is 16.6. The SMILES string of the molecule is COc1ccc(C=CC(=O)c2cc3cc(Br)ccc3sc2=O)cc1. The highest BCUT2D eigenvalue weighted by Crippen LogP contribution is 2.22. The first-order valence-corrected chi connectivity index (χ1v) is 8.77. The number of allylic oxidation sites excluding steroid dienone is 1. The fourth-order valence-corrected chi connectivity index (χ4v) is 3.46. The van der Waals surface area contributed by atoms with Crippen molar-refractivity contribution in [1.29, 1.82) is 0 Å². The molecule has 0 bridgehead atoms. The van der Waals surface area contributed by atoms with Crippen molar-refractivity contribution in [2.45, 2.75) is 0 Å². The van der Waals surface area contributed by atoms with E-state index in [4.69, 9.17) is 4.74 Å². The van der Waals surface area contributed by atoms with Crippen LogP contribution in [0.25, 0.3) is 16.2 Å². The summed E-state index contributed by atoms with van der Waals surface area (Å²) in [7, 11) is 1.60. The van der Waals surface area contributed by atoms with Gasteiger partial charge in [0.05, 0.1) is 12.7 Å². The van der Waals surface area contributed by atoms with E-state index < -0.39 is 0 Å². The van der Waals surface area contributed by atoms with Crippen molar-refractivity contribution >= 4 is 49.2 Å². The number of hydrogen-bond acceptors (Lipinski definition) is 4. The number of hydrogen-bond donors (Lipinski definition) is 0. The molecule has 0 N–H and O–H groups in total. The Hall–Kier alpha value is -2.24. The van der Waals surface area contributed by atoms with Crippen molar-refractivity contribution in [2.75, 3.05) is 7.11 Å². The van der Waals surface area contributed by atoms with Crippen LogP contribution >= 0.6 is 27.3 Å². The van der Waals surface area contributed by atoms with E-state index in [0.717, 1.165) is 37.2 Å². The van der Waals surface area contributed by atoms with E-state index >= 15 is 0 Å². The van der Waals surface area contributed by atoms with E-state index in [1.165, 1.54) is 6.08 Å². The molecule has 0 spiro atoms. The Bertz CT molecular complexity index is 988. The van der Waals surface area contributed by atoms with Gasteiger partial charge in [0.2, 0.25) is 4.74 Å². The number of halogens is 1. The van der Waals surface area contributed by atoms with Gasteiger partial charge in [-0.05, 0) is 53.4 Å². The number of carbonyl (C=O) groups is 1. The lowest BCUT2D eigenvalue weighted by atomic mass is 10.1. The third kappa shape index (κ3) is 3.63. The maximum absolute atomic E-state index is 12.4. The molecule has 0 atom stereocenters. The van der Waals surface area contributed by atoms with Crippen molar-refractivity contribution in [3.8, 4) is 5.75 Å². The van der Waals surface area contributed by atoms with Crippen molar-refractivity contribution in [3.05, 3.63) is 79.7 Å². The second kappa shape index (κ2) is 7.11. The van der Waals surface area contributed by atoms with Crippen LogP contribution in [-0.4, -0.2) is 12.9 Å². The van der Waals surface area contributed by atoms with Gasteiger partial charge in [-0.25, -0.2) is 0 Å². The Balaban J connectivity index is 1.91. The maximum atomic E-state index is 12.4. The van der Waals surface area contributed by atoms with Gasteiger partial charge in [0.15, 0.2) is 5.78 Å². The normalized spacial score (nSPS) is 11.1. The number of benzene rings is 2. The molecule has 0 saturated carbocycles. The van der Waals surface area contributed by atoms with Crippen molar-refractivity contribution in [2.24, 2.45) is 0 Å². The highest BCUT2D eigenvalue weighted by Gasteiger charge is 2.10. The molecule has 0 aliphatic carbocycles. The summed E-state index contributed by atoms with van der Waals surface area (Å²) in [5.41, 5.74) is 1.05. The van der Waals surface area contributed by atoms with E-state index in [1.54, 1.807) is 19.3 Å². The van der Waals surface area contributed by atoms with Crippen LogP contribution < -0.4 is 9.48 Å². The average molecular weight is 401 g/mol. The molecule has 0 radical (unpaired) electrons. The molecule has 0 amide bonds. The molecule has 3 aromatic rings. The number of ketones is 1. The second-order valence-corrected chi connectivity index (χ2v) is 7.03. The second-order valence-electron chi connectivity index (χ2n) is 5.10. The predicted octanol–water partition coefficient (Wildman–Crippen LogP) is 4.93. The van der Waals surface area contributed by atoms with Crippen LogP contribution in [0.5, 0.6) is 5.75 Å². The highest BCUT2D eigenvalue weighted by molar-refractivity contribution is 9.10. The van der Waals surface area contributed by atoms with Gasteiger partial charge in [-0.1, -0.05) is 45.5 Å². The summed E-state index contributed by atoms with van der Waals surface area (Å²) in [6, 6.07) is 14.6. The minimum Gasteiger partial charge on any atom is -0.497 e. The molecule has 0 fully saturated rings. The Morgan fingerprint density at radius 2 is 1.88 bits per heavy atom. The molecule has 3 nitrogen and oxygen atoms in total. The number of ether oxygens (including phenoxy) is 1. The van der Waals surface area contributed by atoms with Crippen LogP contribution in [0.4, 0.5) is 0 Å². The van der Waals surface area contributed by atoms with Crippen LogP contribution in [0.1, 0.15) is 15.9 Å². The molecule has 5 heteroatoms. The Kier molecular flexibility index (Phi) is 4.92. The van der Waals surface area contributed by atoms with Crippen molar-refractivity contribution in [3.63, 3.8) is 0 Å². The summed E-state index contributed by atoms with van der Waals surface area (Å²) in [5.74, 6) is 0.455. The van der Waals surface area contributed by atoms with Gasteiger partial charge in [0.1, 0.15) is 5.75 Å².